The molecule has 2 heterocycles. The summed E-state index contributed by atoms with van der Waals surface area (Å²) in [6.07, 6.45) is 0. The fourth-order valence-corrected chi connectivity index (χ4v) is 2.76. The number of aliphatic hydroxyl groups excluding tert-OH is 1. The lowest BCUT2D eigenvalue weighted by Gasteiger charge is -2.34. The largest absolute Gasteiger partial charge is 0.461 e. The second-order valence-electron chi connectivity index (χ2n) is 5.45. The molecule has 0 aliphatic carbocycles. The van der Waals surface area contributed by atoms with Gasteiger partial charge in [-0.25, -0.2) is 0 Å². The van der Waals surface area contributed by atoms with Crippen LogP contribution in [-0.4, -0.2) is 42.4 Å². The molecule has 1 aromatic carbocycles. The van der Waals surface area contributed by atoms with Crippen molar-refractivity contribution in [2.75, 3.05) is 26.4 Å². The zero-order valence-electron chi connectivity index (χ0n) is 12.3. The highest BCUT2D eigenvalue weighted by molar-refractivity contribution is 5.62. The molecule has 3 rings (SSSR count). The van der Waals surface area contributed by atoms with Crippen molar-refractivity contribution in [1.82, 2.24) is 4.90 Å². The van der Waals surface area contributed by atoms with Crippen LogP contribution < -0.4 is 0 Å². The number of morpholine rings is 1. The van der Waals surface area contributed by atoms with Crippen molar-refractivity contribution in [2.45, 2.75) is 19.5 Å². The molecule has 21 heavy (non-hydrogen) atoms. The number of hydrogen-bond acceptors (Lipinski definition) is 4. The Hall–Kier alpha value is -1.62. The van der Waals surface area contributed by atoms with Gasteiger partial charge in [-0.3, -0.25) is 4.90 Å². The Morgan fingerprint density at radius 3 is 2.86 bits per heavy atom. The number of nitrogens with zero attached hydrogens (tertiary/aromatic N) is 1. The van der Waals surface area contributed by atoms with Gasteiger partial charge < -0.3 is 14.3 Å². The molecule has 1 N–H and O–H groups in total. The molecule has 1 aliphatic heterocycles. The lowest BCUT2D eigenvalue weighted by Crippen LogP contribution is -2.46. The minimum absolute atomic E-state index is 0.0742. The summed E-state index contributed by atoms with van der Waals surface area (Å²) in [5.41, 5.74) is 2.33. The lowest BCUT2D eigenvalue weighted by atomic mass is 10.0. The van der Waals surface area contributed by atoms with E-state index in [1.807, 2.05) is 31.2 Å². The third kappa shape index (κ3) is 3.18. The van der Waals surface area contributed by atoms with Gasteiger partial charge in [-0.05, 0) is 24.6 Å². The number of hydrogen-bond donors (Lipinski definition) is 1. The topological polar surface area (TPSA) is 45.8 Å². The number of benzene rings is 1. The van der Waals surface area contributed by atoms with Gasteiger partial charge in [-0.2, -0.15) is 0 Å². The Morgan fingerprint density at radius 1 is 1.24 bits per heavy atom. The molecule has 112 valence electrons. The van der Waals surface area contributed by atoms with E-state index in [4.69, 9.17) is 9.15 Å². The van der Waals surface area contributed by atoms with Crippen LogP contribution in [0.5, 0.6) is 0 Å². The summed E-state index contributed by atoms with van der Waals surface area (Å²) in [5.74, 6) is 1.82. The predicted molar refractivity (Wildman–Crippen MR) is 81.0 cm³/mol. The van der Waals surface area contributed by atoms with Crippen molar-refractivity contribution in [3.05, 3.63) is 47.7 Å². The standard InChI is InChI=1S/C17H21NO3/c1-13-6-7-17(21-13)16-5-3-2-4-14(16)10-18-8-9-20-12-15(18)11-19/h2-7,15,19H,8-12H2,1H3/t15-/m0/s1. The molecular weight excluding hydrogens is 266 g/mol. The molecule has 1 fully saturated rings. The Bertz CT molecular complexity index is 593. The third-order valence-corrected chi connectivity index (χ3v) is 3.96. The monoisotopic (exact) mass is 287 g/mol. The van der Waals surface area contributed by atoms with E-state index in [9.17, 15) is 5.11 Å². The van der Waals surface area contributed by atoms with Crippen LogP contribution in [0.25, 0.3) is 11.3 Å². The SMILES string of the molecule is Cc1ccc(-c2ccccc2CN2CCOC[C@@H]2CO)o1. The molecule has 0 radical (unpaired) electrons. The number of ether oxygens (including phenoxy) is 1. The lowest BCUT2D eigenvalue weighted by molar-refractivity contribution is -0.0312. The van der Waals surface area contributed by atoms with E-state index in [2.05, 4.69) is 17.0 Å². The van der Waals surface area contributed by atoms with Crippen LogP contribution in [0, 0.1) is 6.92 Å². The van der Waals surface area contributed by atoms with Crippen molar-refractivity contribution in [2.24, 2.45) is 0 Å². The van der Waals surface area contributed by atoms with Gasteiger partial charge in [0.15, 0.2) is 0 Å². The van der Waals surface area contributed by atoms with E-state index in [0.29, 0.717) is 6.61 Å². The summed E-state index contributed by atoms with van der Waals surface area (Å²) in [6, 6.07) is 12.3. The van der Waals surface area contributed by atoms with Crippen molar-refractivity contribution >= 4 is 0 Å². The maximum absolute atomic E-state index is 9.49. The molecule has 1 aromatic heterocycles. The van der Waals surface area contributed by atoms with Crippen LogP contribution in [0.3, 0.4) is 0 Å². The van der Waals surface area contributed by atoms with Gasteiger partial charge in [0, 0.05) is 18.7 Å². The minimum Gasteiger partial charge on any atom is -0.461 e. The summed E-state index contributed by atoms with van der Waals surface area (Å²) in [7, 11) is 0. The highest BCUT2D eigenvalue weighted by Gasteiger charge is 2.23. The van der Waals surface area contributed by atoms with Crippen LogP contribution in [0.4, 0.5) is 0 Å². The Morgan fingerprint density at radius 2 is 2.10 bits per heavy atom. The van der Waals surface area contributed by atoms with E-state index in [1.54, 1.807) is 0 Å². The van der Waals surface area contributed by atoms with E-state index in [-0.39, 0.29) is 12.6 Å². The van der Waals surface area contributed by atoms with Gasteiger partial charge in [-0.15, -0.1) is 0 Å². The summed E-state index contributed by atoms with van der Waals surface area (Å²) in [6.45, 7) is 5.04. The minimum atomic E-state index is 0.0742. The zero-order valence-corrected chi connectivity index (χ0v) is 12.3. The van der Waals surface area contributed by atoms with Crippen LogP contribution in [0.2, 0.25) is 0 Å². The fraction of sp³-hybridized carbons (Fsp3) is 0.412. The number of aliphatic hydroxyl groups is 1. The van der Waals surface area contributed by atoms with Crippen LogP contribution in [0.1, 0.15) is 11.3 Å². The second kappa shape index (κ2) is 6.43. The van der Waals surface area contributed by atoms with Crippen LogP contribution in [0.15, 0.2) is 40.8 Å². The normalized spacial score (nSPS) is 19.8. The van der Waals surface area contributed by atoms with Gasteiger partial charge in [-0.1, -0.05) is 24.3 Å². The Balaban J connectivity index is 1.85. The molecule has 0 spiro atoms. The van der Waals surface area contributed by atoms with Gasteiger partial charge in [0.25, 0.3) is 0 Å². The molecule has 1 saturated heterocycles. The highest BCUT2D eigenvalue weighted by Crippen LogP contribution is 2.27. The molecule has 4 heteroatoms. The number of rotatable bonds is 4. The first-order chi connectivity index (χ1) is 10.3. The Kier molecular flexibility index (Phi) is 4.39. The maximum atomic E-state index is 9.49. The molecule has 0 bridgehead atoms. The van der Waals surface area contributed by atoms with Crippen molar-refractivity contribution in [3.8, 4) is 11.3 Å². The first-order valence-corrected chi connectivity index (χ1v) is 7.35. The quantitative estimate of drug-likeness (QED) is 0.938. The third-order valence-electron chi connectivity index (χ3n) is 3.96. The van der Waals surface area contributed by atoms with Gasteiger partial charge >= 0.3 is 0 Å². The van der Waals surface area contributed by atoms with Gasteiger partial charge in [0.2, 0.25) is 0 Å². The van der Waals surface area contributed by atoms with Crippen molar-refractivity contribution < 1.29 is 14.3 Å². The van der Waals surface area contributed by atoms with E-state index < -0.39 is 0 Å². The molecule has 0 saturated carbocycles. The average Bonchev–Trinajstić information content (AvgIpc) is 2.95. The summed E-state index contributed by atoms with van der Waals surface area (Å²) in [4.78, 5) is 2.28. The second-order valence-corrected chi connectivity index (χ2v) is 5.45. The van der Waals surface area contributed by atoms with Gasteiger partial charge in [0.05, 0.1) is 25.9 Å². The highest BCUT2D eigenvalue weighted by atomic mass is 16.5. The first kappa shape index (κ1) is 14.3. The smallest absolute Gasteiger partial charge is 0.134 e. The molecule has 0 amide bonds. The predicted octanol–water partition coefficient (Wildman–Crippen LogP) is 2.45. The van der Waals surface area contributed by atoms with E-state index in [1.165, 1.54) is 5.56 Å². The summed E-state index contributed by atoms with van der Waals surface area (Å²) >= 11 is 0. The number of furan rings is 1. The molecule has 1 aliphatic rings. The van der Waals surface area contributed by atoms with Crippen LogP contribution >= 0.6 is 0 Å². The van der Waals surface area contributed by atoms with Crippen LogP contribution in [-0.2, 0) is 11.3 Å². The molecule has 4 nitrogen and oxygen atoms in total. The van der Waals surface area contributed by atoms with Crippen molar-refractivity contribution in [1.29, 1.82) is 0 Å². The zero-order chi connectivity index (χ0) is 14.7. The number of aryl methyl sites for hydroxylation is 1. The molecule has 1 atom stereocenters. The average molecular weight is 287 g/mol. The summed E-state index contributed by atoms with van der Waals surface area (Å²) in [5, 5.41) is 9.49. The maximum Gasteiger partial charge on any atom is 0.134 e. The van der Waals surface area contributed by atoms with E-state index >= 15 is 0 Å². The van der Waals surface area contributed by atoms with Crippen molar-refractivity contribution in [3.63, 3.8) is 0 Å². The van der Waals surface area contributed by atoms with Gasteiger partial charge in [0.1, 0.15) is 11.5 Å². The van der Waals surface area contributed by atoms with E-state index in [0.717, 1.165) is 36.8 Å². The molecule has 2 aromatic rings. The molecular formula is C17H21NO3. The molecule has 0 unspecified atom stereocenters. The first-order valence-electron chi connectivity index (χ1n) is 7.35. The Labute approximate surface area is 124 Å². The summed E-state index contributed by atoms with van der Waals surface area (Å²) < 4.78 is 11.2. The fourth-order valence-electron chi connectivity index (χ4n) is 2.76.